The predicted molar refractivity (Wildman–Crippen MR) is 137 cm³/mol. The maximum atomic E-state index is 13.2. The Morgan fingerprint density at radius 3 is 2.56 bits per heavy atom. The summed E-state index contributed by atoms with van der Waals surface area (Å²) >= 11 is 0. The number of likely N-dealkylation sites (N-methyl/N-ethyl adjacent to an activating group) is 1. The number of hydrogen-bond acceptors (Lipinski definition) is 5. The van der Waals surface area contributed by atoms with Gasteiger partial charge in [-0.1, -0.05) is 30.0 Å². The molecular weight excluding hydrogens is 458 g/mol. The van der Waals surface area contributed by atoms with Crippen molar-refractivity contribution >= 4 is 17.5 Å². The molecule has 8 nitrogen and oxygen atoms in total. The molecule has 0 saturated carbocycles. The molecule has 0 unspecified atom stereocenters. The van der Waals surface area contributed by atoms with Crippen molar-refractivity contribution < 1.29 is 19.4 Å². The van der Waals surface area contributed by atoms with Gasteiger partial charge in [-0.3, -0.25) is 14.4 Å². The van der Waals surface area contributed by atoms with Gasteiger partial charge in [-0.2, -0.15) is 0 Å². The fourth-order valence-electron chi connectivity index (χ4n) is 3.81. The molecule has 2 N–H and O–H groups in total. The summed E-state index contributed by atoms with van der Waals surface area (Å²) in [5, 5.41) is 12.5. The van der Waals surface area contributed by atoms with Crippen molar-refractivity contribution in [2.45, 2.75) is 32.4 Å². The Hall–Kier alpha value is -4.35. The van der Waals surface area contributed by atoms with Crippen molar-refractivity contribution in [3.63, 3.8) is 0 Å². The Morgan fingerprint density at radius 2 is 1.86 bits per heavy atom. The van der Waals surface area contributed by atoms with Crippen molar-refractivity contribution in [1.29, 1.82) is 0 Å². The van der Waals surface area contributed by atoms with Crippen LogP contribution in [-0.4, -0.2) is 46.8 Å². The van der Waals surface area contributed by atoms with Crippen LogP contribution in [0.1, 0.15) is 35.5 Å². The Morgan fingerprint density at radius 1 is 1.14 bits per heavy atom. The van der Waals surface area contributed by atoms with Crippen molar-refractivity contribution in [2.24, 2.45) is 0 Å². The van der Waals surface area contributed by atoms with Crippen molar-refractivity contribution in [2.75, 3.05) is 18.6 Å². The highest BCUT2D eigenvalue weighted by Crippen LogP contribution is 2.31. The van der Waals surface area contributed by atoms with Crippen molar-refractivity contribution in [1.82, 2.24) is 9.88 Å². The molecule has 0 spiro atoms. The number of ether oxygens (including phenoxy) is 1. The van der Waals surface area contributed by atoms with Crippen LogP contribution in [0.25, 0.3) is 5.69 Å². The molecule has 2 aromatic carbocycles. The molecule has 2 heterocycles. The highest BCUT2D eigenvalue weighted by Gasteiger charge is 2.31. The number of hydrogen-bond donors (Lipinski definition) is 2. The molecule has 1 atom stereocenters. The molecule has 184 valence electrons. The molecule has 0 saturated heterocycles. The summed E-state index contributed by atoms with van der Waals surface area (Å²) in [4.78, 5) is 40.3. The number of pyridine rings is 1. The van der Waals surface area contributed by atoms with Gasteiger partial charge in [-0.15, -0.1) is 0 Å². The molecule has 0 radical (unpaired) electrons. The van der Waals surface area contributed by atoms with E-state index in [2.05, 4.69) is 17.2 Å². The molecule has 1 aliphatic heterocycles. The number of nitrogens with one attached hydrogen (secondary N) is 1. The molecule has 4 rings (SSSR count). The highest BCUT2D eigenvalue weighted by atomic mass is 16.5. The number of aromatic nitrogens is 1. The van der Waals surface area contributed by atoms with E-state index < -0.39 is 28.9 Å². The van der Waals surface area contributed by atoms with Crippen LogP contribution < -0.4 is 20.4 Å². The number of aryl methyl sites for hydroxylation is 1. The van der Waals surface area contributed by atoms with E-state index in [-0.39, 0.29) is 12.2 Å². The van der Waals surface area contributed by atoms with E-state index in [0.717, 1.165) is 5.69 Å². The number of rotatable bonds is 3. The normalized spacial score (nSPS) is 15.2. The third-order valence-corrected chi connectivity index (χ3v) is 5.70. The monoisotopic (exact) mass is 485 g/mol. The lowest BCUT2D eigenvalue weighted by molar-refractivity contribution is -0.120. The zero-order valence-electron chi connectivity index (χ0n) is 20.5. The molecule has 0 fully saturated rings. The van der Waals surface area contributed by atoms with E-state index in [0.29, 0.717) is 22.7 Å². The molecule has 8 heteroatoms. The zero-order valence-corrected chi connectivity index (χ0v) is 20.5. The summed E-state index contributed by atoms with van der Waals surface area (Å²) < 4.78 is 7.57. The number of carbonyl (C=O) groups excluding carboxylic acids is 2. The van der Waals surface area contributed by atoms with Gasteiger partial charge in [0.05, 0.1) is 5.69 Å². The van der Waals surface area contributed by atoms with Crippen LogP contribution >= 0.6 is 0 Å². The van der Waals surface area contributed by atoms with Gasteiger partial charge in [-0.25, -0.2) is 0 Å². The number of nitrogens with zero attached hydrogens (tertiary/aromatic N) is 2. The fourth-order valence-corrected chi connectivity index (χ4v) is 3.81. The minimum absolute atomic E-state index is 0.0779. The SMILES string of the molecule is Cc1cc(=O)c(C(=O)N[C@H]2COc3ccc(C#CC(C)(C)O)cc3N(C)C2=O)cn1-c1ccccc1. The molecule has 1 aliphatic rings. The third-order valence-electron chi connectivity index (χ3n) is 5.70. The quantitative estimate of drug-likeness (QED) is 0.555. The Balaban J connectivity index is 1.58. The summed E-state index contributed by atoms with van der Waals surface area (Å²) in [7, 11) is 1.58. The predicted octanol–water partition coefficient (Wildman–Crippen LogP) is 2.42. The van der Waals surface area contributed by atoms with Crippen LogP contribution in [-0.2, 0) is 4.79 Å². The molecule has 3 aromatic rings. The third kappa shape index (κ3) is 5.32. The molecule has 36 heavy (non-hydrogen) atoms. The molecular formula is C28H27N3O5. The number of para-hydroxylation sites is 1. The Kier molecular flexibility index (Phi) is 6.69. The second-order valence-electron chi connectivity index (χ2n) is 9.12. The highest BCUT2D eigenvalue weighted by molar-refractivity contribution is 6.03. The average molecular weight is 486 g/mol. The smallest absolute Gasteiger partial charge is 0.257 e. The largest absolute Gasteiger partial charge is 0.489 e. The number of benzene rings is 2. The fraction of sp³-hybridized carbons (Fsp3) is 0.250. The lowest BCUT2D eigenvalue weighted by Gasteiger charge is -2.21. The number of aliphatic hydroxyl groups is 1. The topological polar surface area (TPSA) is 101 Å². The minimum atomic E-state index is -1.16. The summed E-state index contributed by atoms with van der Waals surface area (Å²) in [6.45, 7) is 4.84. The van der Waals surface area contributed by atoms with Crippen LogP contribution in [0.15, 0.2) is 65.6 Å². The molecule has 1 aromatic heterocycles. The summed E-state index contributed by atoms with van der Waals surface area (Å²) in [6.07, 6.45) is 1.48. The number of fused-ring (bicyclic) bond motifs is 1. The molecule has 0 bridgehead atoms. The van der Waals surface area contributed by atoms with E-state index in [9.17, 15) is 19.5 Å². The van der Waals surface area contributed by atoms with Gasteiger partial charge < -0.3 is 24.6 Å². The first kappa shape index (κ1) is 24.8. The molecule has 2 amide bonds. The maximum absolute atomic E-state index is 13.2. The van der Waals surface area contributed by atoms with E-state index in [1.54, 1.807) is 50.6 Å². The van der Waals surface area contributed by atoms with Crippen LogP contribution in [0.3, 0.4) is 0 Å². The number of anilines is 1. The van der Waals surface area contributed by atoms with E-state index in [4.69, 9.17) is 4.74 Å². The van der Waals surface area contributed by atoms with Gasteiger partial charge in [0, 0.05) is 36.3 Å². The lowest BCUT2D eigenvalue weighted by Crippen LogP contribution is -2.50. The van der Waals surface area contributed by atoms with Gasteiger partial charge in [0.25, 0.3) is 11.8 Å². The van der Waals surface area contributed by atoms with E-state index in [1.807, 2.05) is 30.3 Å². The van der Waals surface area contributed by atoms with Gasteiger partial charge in [-0.05, 0) is 51.1 Å². The zero-order chi connectivity index (χ0) is 26.0. The summed E-state index contributed by atoms with van der Waals surface area (Å²) in [6, 6.07) is 14.8. The average Bonchev–Trinajstić information content (AvgIpc) is 2.95. The van der Waals surface area contributed by atoms with Crippen LogP contribution in [0, 0.1) is 18.8 Å². The first-order chi connectivity index (χ1) is 17.0. The second kappa shape index (κ2) is 9.72. The summed E-state index contributed by atoms with van der Waals surface area (Å²) in [5.74, 6) is 5.02. The Bertz CT molecular complexity index is 1440. The Labute approximate surface area is 209 Å². The second-order valence-corrected chi connectivity index (χ2v) is 9.12. The number of carbonyl (C=O) groups is 2. The van der Waals surface area contributed by atoms with Gasteiger partial charge in [0.15, 0.2) is 5.43 Å². The van der Waals surface area contributed by atoms with Gasteiger partial charge in [0.1, 0.15) is 29.6 Å². The van der Waals surface area contributed by atoms with Crippen molar-refractivity contribution in [3.8, 4) is 23.3 Å². The first-order valence-corrected chi connectivity index (χ1v) is 11.4. The first-order valence-electron chi connectivity index (χ1n) is 11.4. The van der Waals surface area contributed by atoms with Crippen LogP contribution in [0.2, 0.25) is 0 Å². The van der Waals surface area contributed by atoms with Gasteiger partial charge >= 0.3 is 0 Å². The van der Waals surface area contributed by atoms with Crippen LogP contribution in [0.4, 0.5) is 5.69 Å². The maximum Gasteiger partial charge on any atom is 0.257 e. The summed E-state index contributed by atoms with van der Waals surface area (Å²) in [5.41, 5.74) is 0.891. The van der Waals surface area contributed by atoms with Crippen LogP contribution in [0.5, 0.6) is 5.75 Å². The lowest BCUT2D eigenvalue weighted by atomic mass is 10.1. The number of amides is 2. The minimum Gasteiger partial charge on any atom is -0.489 e. The standard InChI is InChI=1S/C28H27N3O5/c1-18-14-24(32)21(16-31(18)20-8-6-5-7-9-20)26(33)29-22-17-36-25-11-10-19(12-13-28(2,3)35)15-23(25)30(4)27(22)34/h5-11,14-16,22,35H,17H2,1-4H3,(H,29,33)/t22-/m0/s1. The van der Waals surface area contributed by atoms with Gasteiger partial charge in [0.2, 0.25) is 0 Å². The van der Waals surface area contributed by atoms with E-state index >= 15 is 0 Å². The van der Waals surface area contributed by atoms with E-state index in [1.165, 1.54) is 17.2 Å². The van der Waals surface area contributed by atoms with Crippen molar-refractivity contribution in [3.05, 3.63) is 87.8 Å². The molecule has 0 aliphatic carbocycles.